The fourth-order valence-electron chi connectivity index (χ4n) is 4.50. The van der Waals surface area contributed by atoms with E-state index >= 15 is 8.63 Å². The summed E-state index contributed by atoms with van der Waals surface area (Å²) in [6.07, 6.45) is 1.86. The van der Waals surface area contributed by atoms with Crippen molar-refractivity contribution in [2.75, 3.05) is 19.0 Å². The van der Waals surface area contributed by atoms with E-state index in [0.29, 0.717) is 22.8 Å². The third-order valence-electron chi connectivity index (χ3n) is 5.61. The van der Waals surface area contributed by atoms with Crippen LogP contribution in [0.2, 0.25) is 0 Å². The fourth-order valence-corrected chi connectivity index (χ4v) is 4.50. The van der Waals surface area contributed by atoms with Gasteiger partial charge in [-0.1, -0.05) is 12.1 Å². The van der Waals surface area contributed by atoms with Gasteiger partial charge in [0, 0.05) is 44.0 Å². The molecular formula is C21H24BF2N3. The molecule has 0 saturated carbocycles. The molecule has 0 radical (unpaired) electrons. The highest BCUT2D eigenvalue weighted by Gasteiger charge is 2.55. The lowest BCUT2D eigenvalue weighted by atomic mass is 9.84. The maximum Gasteiger partial charge on any atom is 0.737 e. The van der Waals surface area contributed by atoms with Crippen LogP contribution in [0.25, 0.3) is 5.57 Å². The standard InChI is InChI=1S/C21H24BF2N3/c1-13-11-15(3)26-20(13)19(17-7-9-18(10-8-17)25(5)6)21-14(2)12-16(4)27(21)22(26,23)24/h7-12H,1-6H3. The van der Waals surface area contributed by atoms with Crippen molar-refractivity contribution in [1.29, 1.82) is 0 Å². The predicted octanol–water partition coefficient (Wildman–Crippen LogP) is 4.60. The Labute approximate surface area is 159 Å². The molecule has 6 heteroatoms. The number of aromatic nitrogens is 1. The lowest BCUT2D eigenvalue weighted by molar-refractivity contribution is -0.363. The van der Waals surface area contributed by atoms with Crippen LogP contribution in [0.4, 0.5) is 14.3 Å². The number of hydrogen-bond acceptors (Lipinski definition) is 1. The van der Waals surface area contributed by atoms with Gasteiger partial charge in [0.1, 0.15) is 5.71 Å². The van der Waals surface area contributed by atoms with E-state index in [1.165, 1.54) is 8.96 Å². The Hall–Kier alpha value is -2.63. The van der Waals surface area contributed by atoms with Crippen molar-refractivity contribution >= 4 is 23.9 Å². The zero-order valence-corrected chi connectivity index (χ0v) is 16.6. The first-order valence-electron chi connectivity index (χ1n) is 9.19. The SMILES string of the molecule is CC1=CC(C)=[N+]2C1=C(c1ccc(N(C)C)cc1)c1c(C)cc(C)n1[B-]2(F)F. The van der Waals surface area contributed by atoms with Gasteiger partial charge in [-0.2, -0.15) is 0 Å². The van der Waals surface area contributed by atoms with E-state index in [4.69, 9.17) is 0 Å². The Morgan fingerprint density at radius 3 is 2.22 bits per heavy atom. The van der Waals surface area contributed by atoms with Crippen molar-refractivity contribution in [3.8, 4) is 0 Å². The van der Waals surface area contributed by atoms with Gasteiger partial charge in [0.25, 0.3) is 0 Å². The monoisotopic (exact) mass is 367 g/mol. The summed E-state index contributed by atoms with van der Waals surface area (Å²) in [6.45, 7) is 3.44. The minimum atomic E-state index is -3.92. The van der Waals surface area contributed by atoms with Crippen LogP contribution >= 0.6 is 0 Å². The highest BCUT2D eigenvalue weighted by molar-refractivity contribution is 6.58. The van der Waals surface area contributed by atoms with Crippen molar-refractivity contribution < 1.29 is 13.1 Å². The van der Waals surface area contributed by atoms with Crippen molar-refractivity contribution in [2.24, 2.45) is 0 Å². The first-order valence-corrected chi connectivity index (χ1v) is 9.19. The molecule has 0 fully saturated rings. The smallest absolute Gasteiger partial charge is 0.393 e. The molecule has 0 atom stereocenters. The Kier molecular flexibility index (Phi) is 3.74. The normalized spacial score (nSPS) is 17.9. The van der Waals surface area contributed by atoms with Crippen molar-refractivity contribution in [3.05, 3.63) is 70.2 Å². The van der Waals surface area contributed by atoms with E-state index < -0.39 is 6.97 Å². The van der Waals surface area contributed by atoms with E-state index in [1.807, 2.05) is 69.3 Å². The van der Waals surface area contributed by atoms with Crippen molar-refractivity contribution in [3.63, 3.8) is 0 Å². The number of hydrogen-bond donors (Lipinski definition) is 0. The lowest BCUT2D eigenvalue weighted by Crippen LogP contribution is -2.51. The van der Waals surface area contributed by atoms with Crippen LogP contribution in [0, 0.1) is 13.8 Å². The highest BCUT2D eigenvalue weighted by atomic mass is 19.2. The lowest BCUT2D eigenvalue weighted by Gasteiger charge is -2.34. The molecule has 3 heterocycles. The molecule has 0 spiro atoms. The minimum absolute atomic E-state index is 0.589. The van der Waals surface area contributed by atoms with E-state index in [2.05, 4.69) is 0 Å². The summed E-state index contributed by atoms with van der Waals surface area (Å²) in [7, 11) is 3.98. The first-order chi connectivity index (χ1) is 12.6. The number of anilines is 1. The molecule has 3 nitrogen and oxygen atoms in total. The Morgan fingerprint density at radius 2 is 1.63 bits per heavy atom. The number of allylic oxidation sites excluding steroid dienone is 2. The Balaban J connectivity index is 2.08. The molecule has 27 heavy (non-hydrogen) atoms. The molecule has 1 aromatic heterocycles. The molecule has 2 aliphatic rings. The quantitative estimate of drug-likeness (QED) is 0.706. The number of rotatable bonds is 2. The number of nitrogens with zero attached hydrogens (tertiary/aromatic N) is 3. The van der Waals surface area contributed by atoms with Gasteiger partial charge in [0.15, 0.2) is 5.70 Å². The van der Waals surface area contributed by atoms with E-state index in [1.54, 1.807) is 13.8 Å². The molecule has 0 bridgehead atoms. The molecule has 0 unspecified atom stereocenters. The van der Waals surface area contributed by atoms with Crippen LogP contribution in [-0.4, -0.2) is 35.7 Å². The maximum absolute atomic E-state index is 15.6. The average molecular weight is 367 g/mol. The van der Waals surface area contributed by atoms with E-state index in [9.17, 15) is 0 Å². The highest BCUT2D eigenvalue weighted by Crippen LogP contribution is 2.44. The van der Waals surface area contributed by atoms with Gasteiger partial charge in [0.05, 0.1) is 5.57 Å². The minimum Gasteiger partial charge on any atom is -0.393 e. The molecule has 140 valence electrons. The molecule has 4 rings (SSSR count). The van der Waals surface area contributed by atoms with Gasteiger partial charge in [0.2, 0.25) is 0 Å². The summed E-state index contributed by atoms with van der Waals surface area (Å²) >= 11 is 0. The topological polar surface area (TPSA) is 11.2 Å². The molecule has 2 aliphatic heterocycles. The summed E-state index contributed by atoms with van der Waals surface area (Å²) in [4.78, 5) is 2.03. The second kappa shape index (κ2) is 5.68. The van der Waals surface area contributed by atoms with Gasteiger partial charge in [-0.05, 0) is 55.8 Å². The zero-order valence-electron chi connectivity index (χ0n) is 16.6. The van der Waals surface area contributed by atoms with Crippen LogP contribution in [-0.2, 0) is 0 Å². The van der Waals surface area contributed by atoms with Crippen LogP contribution in [0.15, 0.2) is 47.7 Å². The second-order valence-electron chi connectivity index (χ2n) is 7.78. The van der Waals surface area contributed by atoms with Gasteiger partial charge in [-0.3, -0.25) is 0 Å². The number of benzene rings is 1. The molecule has 1 aromatic carbocycles. The van der Waals surface area contributed by atoms with Crippen molar-refractivity contribution in [2.45, 2.75) is 27.7 Å². The summed E-state index contributed by atoms with van der Waals surface area (Å²) in [5, 5.41) is 0. The largest absolute Gasteiger partial charge is 0.737 e. The number of fused-ring (bicyclic) bond motifs is 2. The summed E-state index contributed by atoms with van der Waals surface area (Å²) in [5.41, 5.74) is 7.11. The van der Waals surface area contributed by atoms with Crippen LogP contribution in [0.1, 0.15) is 36.4 Å². The van der Waals surface area contributed by atoms with Gasteiger partial charge < -0.3 is 22.5 Å². The predicted molar refractivity (Wildman–Crippen MR) is 109 cm³/mol. The zero-order chi connectivity index (χ0) is 19.7. The first kappa shape index (κ1) is 17.8. The molecule has 0 aliphatic carbocycles. The number of aryl methyl sites for hydroxylation is 2. The summed E-state index contributed by atoms with van der Waals surface area (Å²) in [6, 6.07) is 9.98. The molecular weight excluding hydrogens is 343 g/mol. The van der Waals surface area contributed by atoms with E-state index in [-0.39, 0.29) is 0 Å². The molecule has 2 aromatic rings. The van der Waals surface area contributed by atoms with E-state index in [0.717, 1.165) is 28.0 Å². The maximum atomic E-state index is 15.6. The third kappa shape index (κ3) is 2.35. The number of halogens is 2. The third-order valence-corrected chi connectivity index (χ3v) is 5.61. The van der Waals surface area contributed by atoms with Gasteiger partial charge in [-0.25, -0.2) is 0 Å². The van der Waals surface area contributed by atoms with Gasteiger partial charge in [-0.15, -0.1) is 0 Å². The van der Waals surface area contributed by atoms with Crippen LogP contribution in [0.3, 0.4) is 0 Å². The van der Waals surface area contributed by atoms with Crippen LogP contribution in [0.5, 0.6) is 0 Å². The summed E-state index contributed by atoms with van der Waals surface area (Å²) < 4.78 is 33.6. The van der Waals surface area contributed by atoms with Gasteiger partial charge >= 0.3 is 6.97 Å². The molecule has 0 saturated heterocycles. The fraction of sp³-hybridized carbons (Fsp3) is 0.286. The second-order valence-corrected chi connectivity index (χ2v) is 7.78. The summed E-state index contributed by atoms with van der Waals surface area (Å²) in [5.74, 6) is 0. The molecule has 0 N–H and O–H groups in total. The Morgan fingerprint density at radius 1 is 1.00 bits per heavy atom. The average Bonchev–Trinajstić information content (AvgIpc) is 3.05. The van der Waals surface area contributed by atoms with Crippen LogP contribution < -0.4 is 4.90 Å². The van der Waals surface area contributed by atoms with Crippen molar-refractivity contribution in [1.82, 2.24) is 4.48 Å². The Bertz CT molecular complexity index is 1050. The molecule has 0 amide bonds.